The van der Waals surface area contributed by atoms with Crippen LogP contribution in [0.1, 0.15) is 30.0 Å². The standard InChI is InChI=1S/C20H18F2N2O/c21-16-8-6-14(10-17(16)22)18(24-11-12-3-4-12)15-7-5-13-2-1-9-23-19(13)20(15)25/h1-2,5-10,12,18,24-25H,3-4,11H2. The van der Waals surface area contributed by atoms with Crippen LogP contribution in [-0.2, 0) is 0 Å². The molecule has 1 aliphatic carbocycles. The van der Waals surface area contributed by atoms with Crippen molar-refractivity contribution in [3.63, 3.8) is 0 Å². The largest absolute Gasteiger partial charge is 0.505 e. The third-order valence-corrected chi connectivity index (χ3v) is 4.67. The third-order valence-electron chi connectivity index (χ3n) is 4.67. The number of pyridine rings is 1. The van der Waals surface area contributed by atoms with Gasteiger partial charge in [0, 0.05) is 17.1 Å². The number of nitrogens with one attached hydrogen (secondary N) is 1. The number of phenols is 1. The van der Waals surface area contributed by atoms with Crippen LogP contribution < -0.4 is 5.32 Å². The summed E-state index contributed by atoms with van der Waals surface area (Å²) in [7, 11) is 0. The fourth-order valence-corrected chi connectivity index (χ4v) is 3.08. The number of benzene rings is 2. The van der Waals surface area contributed by atoms with Crippen LogP contribution in [0.25, 0.3) is 10.9 Å². The lowest BCUT2D eigenvalue weighted by atomic mass is 9.96. The van der Waals surface area contributed by atoms with E-state index in [4.69, 9.17) is 0 Å². The van der Waals surface area contributed by atoms with Gasteiger partial charge in [-0.1, -0.05) is 24.3 Å². The fourth-order valence-electron chi connectivity index (χ4n) is 3.08. The highest BCUT2D eigenvalue weighted by atomic mass is 19.2. The lowest BCUT2D eigenvalue weighted by Gasteiger charge is -2.21. The van der Waals surface area contributed by atoms with Gasteiger partial charge in [0.1, 0.15) is 11.3 Å². The fraction of sp³-hybridized carbons (Fsp3) is 0.250. The van der Waals surface area contributed by atoms with Gasteiger partial charge in [0.25, 0.3) is 0 Å². The summed E-state index contributed by atoms with van der Waals surface area (Å²) in [6.45, 7) is 0.767. The Morgan fingerprint density at radius 1 is 1.12 bits per heavy atom. The normalized spacial score (nSPS) is 15.4. The summed E-state index contributed by atoms with van der Waals surface area (Å²) in [5.74, 6) is -1.10. The Morgan fingerprint density at radius 3 is 2.72 bits per heavy atom. The van der Waals surface area contributed by atoms with Gasteiger partial charge in [-0.2, -0.15) is 0 Å². The van der Waals surface area contributed by atoms with Gasteiger partial charge in [0.2, 0.25) is 0 Å². The highest BCUT2D eigenvalue weighted by molar-refractivity contribution is 5.85. The van der Waals surface area contributed by atoms with Crippen molar-refractivity contribution < 1.29 is 13.9 Å². The third kappa shape index (κ3) is 3.20. The van der Waals surface area contributed by atoms with E-state index in [1.54, 1.807) is 18.3 Å². The lowest BCUT2D eigenvalue weighted by molar-refractivity contribution is 0.458. The average Bonchev–Trinajstić information content (AvgIpc) is 3.44. The molecule has 0 saturated heterocycles. The smallest absolute Gasteiger partial charge is 0.159 e. The second-order valence-corrected chi connectivity index (χ2v) is 6.54. The van der Waals surface area contributed by atoms with E-state index in [0.29, 0.717) is 22.6 Å². The van der Waals surface area contributed by atoms with E-state index < -0.39 is 17.7 Å². The van der Waals surface area contributed by atoms with Crippen molar-refractivity contribution in [3.8, 4) is 5.75 Å². The molecule has 0 spiro atoms. The van der Waals surface area contributed by atoms with Crippen LogP contribution >= 0.6 is 0 Å². The monoisotopic (exact) mass is 340 g/mol. The Balaban J connectivity index is 1.79. The molecule has 0 aliphatic heterocycles. The number of fused-ring (bicyclic) bond motifs is 1. The molecule has 3 aromatic rings. The number of hydrogen-bond donors (Lipinski definition) is 2. The van der Waals surface area contributed by atoms with Gasteiger partial charge >= 0.3 is 0 Å². The van der Waals surface area contributed by atoms with Crippen molar-refractivity contribution in [3.05, 3.63) is 71.4 Å². The number of halogens is 2. The number of phenolic OH excluding ortho intramolecular Hbond substituents is 1. The molecule has 0 bridgehead atoms. The highest BCUT2D eigenvalue weighted by Crippen LogP contribution is 2.36. The van der Waals surface area contributed by atoms with Crippen LogP contribution in [0.5, 0.6) is 5.75 Å². The van der Waals surface area contributed by atoms with Crippen molar-refractivity contribution in [1.29, 1.82) is 0 Å². The van der Waals surface area contributed by atoms with Gasteiger partial charge in [0.05, 0.1) is 6.04 Å². The zero-order valence-electron chi connectivity index (χ0n) is 13.5. The summed E-state index contributed by atoms with van der Waals surface area (Å²) in [5.41, 5.74) is 1.68. The molecule has 2 N–H and O–H groups in total. The highest BCUT2D eigenvalue weighted by Gasteiger charge is 2.25. The lowest BCUT2D eigenvalue weighted by Crippen LogP contribution is -2.25. The molecule has 1 aliphatic rings. The molecule has 5 heteroatoms. The van der Waals surface area contributed by atoms with Crippen LogP contribution in [0.3, 0.4) is 0 Å². The zero-order chi connectivity index (χ0) is 17.4. The molecule has 1 aromatic heterocycles. The van der Waals surface area contributed by atoms with E-state index >= 15 is 0 Å². The van der Waals surface area contributed by atoms with Crippen LogP contribution in [0.2, 0.25) is 0 Å². The molecule has 0 radical (unpaired) electrons. The van der Waals surface area contributed by atoms with E-state index in [1.165, 1.54) is 18.9 Å². The van der Waals surface area contributed by atoms with Crippen molar-refractivity contribution in [2.45, 2.75) is 18.9 Å². The van der Waals surface area contributed by atoms with Crippen LogP contribution in [0.15, 0.2) is 48.7 Å². The van der Waals surface area contributed by atoms with Gasteiger partial charge < -0.3 is 10.4 Å². The summed E-state index contributed by atoms with van der Waals surface area (Å²) in [6, 6.07) is 10.8. The molecule has 128 valence electrons. The van der Waals surface area contributed by atoms with Crippen LogP contribution in [0.4, 0.5) is 8.78 Å². The number of aromatic hydroxyl groups is 1. The molecule has 1 atom stereocenters. The van der Waals surface area contributed by atoms with E-state index in [2.05, 4.69) is 10.3 Å². The molecule has 4 rings (SSSR count). The minimum absolute atomic E-state index is 0.0659. The molecule has 2 aromatic carbocycles. The van der Waals surface area contributed by atoms with Crippen LogP contribution in [0, 0.1) is 17.6 Å². The quantitative estimate of drug-likeness (QED) is 0.727. The van der Waals surface area contributed by atoms with E-state index in [1.807, 2.05) is 18.2 Å². The maximum atomic E-state index is 13.7. The van der Waals surface area contributed by atoms with Crippen molar-refractivity contribution >= 4 is 10.9 Å². The minimum Gasteiger partial charge on any atom is -0.505 e. The Kier molecular flexibility index (Phi) is 4.09. The van der Waals surface area contributed by atoms with Crippen molar-refractivity contribution in [2.24, 2.45) is 5.92 Å². The predicted molar refractivity (Wildman–Crippen MR) is 92.3 cm³/mol. The SMILES string of the molecule is Oc1c(C(NCC2CC2)c2ccc(F)c(F)c2)ccc2cccnc12. The second kappa shape index (κ2) is 6.41. The molecular formula is C20H18F2N2O. The Morgan fingerprint density at radius 2 is 1.96 bits per heavy atom. The number of hydrogen-bond acceptors (Lipinski definition) is 3. The van der Waals surface area contributed by atoms with Crippen molar-refractivity contribution in [1.82, 2.24) is 10.3 Å². The summed E-state index contributed by atoms with van der Waals surface area (Å²) in [5, 5.41) is 14.9. The topological polar surface area (TPSA) is 45.1 Å². The van der Waals surface area contributed by atoms with Gasteiger partial charge in [-0.05, 0) is 49.1 Å². The summed E-state index contributed by atoms with van der Waals surface area (Å²) in [6.07, 6.45) is 3.96. The number of aromatic nitrogens is 1. The summed E-state index contributed by atoms with van der Waals surface area (Å²) >= 11 is 0. The summed E-state index contributed by atoms with van der Waals surface area (Å²) in [4.78, 5) is 4.24. The predicted octanol–water partition coefficient (Wildman–Crippen LogP) is 4.31. The van der Waals surface area contributed by atoms with Gasteiger partial charge in [-0.3, -0.25) is 4.98 Å². The number of nitrogens with zero attached hydrogens (tertiary/aromatic N) is 1. The number of rotatable bonds is 5. The van der Waals surface area contributed by atoms with Gasteiger partial charge in [0.15, 0.2) is 11.6 Å². The molecule has 3 nitrogen and oxygen atoms in total. The Bertz CT molecular complexity index is 925. The first-order valence-corrected chi connectivity index (χ1v) is 8.38. The Labute approximate surface area is 144 Å². The van der Waals surface area contributed by atoms with Gasteiger partial charge in [-0.15, -0.1) is 0 Å². The summed E-state index contributed by atoms with van der Waals surface area (Å²) < 4.78 is 27.1. The van der Waals surface area contributed by atoms with E-state index in [9.17, 15) is 13.9 Å². The first kappa shape index (κ1) is 16.0. The molecule has 25 heavy (non-hydrogen) atoms. The molecule has 1 fully saturated rings. The van der Waals surface area contributed by atoms with E-state index in [-0.39, 0.29) is 5.75 Å². The molecular weight excluding hydrogens is 322 g/mol. The maximum Gasteiger partial charge on any atom is 0.159 e. The molecule has 1 unspecified atom stereocenters. The first-order valence-electron chi connectivity index (χ1n) is 8.38. The van der Waals surface area contributed by atoms with Crippen molar-refractivity contribution in [2.75, 3.05) is 6.54 Å². The molecule has 1 saturated carbocycles. The minimum atomic E-state index is -0.894. The maximum absolute atomic E-state index is 13.7. The van der Waals surface area contributed by atoms with Crippen LogP contribution in [-0.4, -0.2) is 16.6 Å². The average molecular weight is 340 g/mol. The van der Waals surface area contributed by atoms with Gasteiger partial charge in [-0.25, -0.2) is 8.78 Å². The van der Waals surface area contributed by atoms with E-state index in [0.717, 1.165) is 18.0 Å². The second-order valence-electron chi connectivity index (χ2n) is 6.54. The zero-order valence-corrected chi connectivity index (χ0v) is 13.5. The molecule has 0 amide bonds. The molecule has 1 heterocycles. The first-order chi connectivity index (χ1) is 12.1. The Hall–Kier alpha value is -2.53.